The van der Waals surface area contributed by atoms with Crippen LogP contribution in [0.1, 0.15) is 26.7 Å². The molecule has 0 radical (unpaired) electrons. The van der Waals surface area contributed by atoms with Gasteiger partial charge in [0.1, 0.15) is 0 Å². The lowest BCUT2D eigenvalue weighted by Crippen LogP contribution is -2.20. The second-order valence-electron chi connectivity index (χ2n) is 7.42. The van der Waals surface area contributed by atoms with E-state index < -0.39 is 9.73 Å². The van der Waals surface area contributed by atoms with Gasteiger partial charge in [-0.3, -0.25) is 0 Å². The highest BCUT2D eigenvalue weighted by molar-refractivity contribution is 7.92. The fourth-order valence-electron chi connectivity index (χ4n) is 3.98. The number of nitrogens with one attached hydrogen (secondary N) is 2. The first-order chi connectivity index (χ1) is 13.0. The maximum Gasteiger partial charge on any atom is 0.0723 e. The summed E-state index contributed by atoms with van der Waals surface area (Å²) in [6, 6.07) is 16.3. The lowest BCUT2D eigenvalue weighted by molar-refractivity contribution is 0.569. The van der Waals surface area contributed by atoms with Gasteiger partial charge in [0.25, 0.3) is 0 Å². The summed E-state index contributed by atoms with van der Waals surface area (Å²) in [6.07, 6.45) is 2.42. The van der Waals surface area contributed by atoms with Crippen LogP contribution in [0.2, 0.25) is 0 Å². The fourth-order valence-corrected chi connectivity index (χ4v) is 4.91. The maximum absolute atomic E-state index is 12.7. The Morgan fingerprint density at radius 3 is 2.70 bits per heavy atom. The molecule has 0 spiro atoms. The van der Waals surface area contributed by atoms with Crippen molar-refractivity contribution in [1.82, 2.24) is 4.98 Å². The highest BCUT2D eigenvalue weighted by Gasteiger charge is 2.24. The minimum absolute atomic E-state index is 0.333. The molecule has 1 fully saturated rings. The van der Waals surface area contributed by atoms with E-state index in [0.29, 0.717) is 10.6 Å². The molecule has 4 nitrogen and oxygen atoms in total. The van der Waals surface area contributed by atoms with Crippen molar-refractivity contribution >= 4 is 26.3 Å². The van der Waals surface area contributed by atoms with E-state index >= 15 is 0 Å². The fraction of sp³-hybridized carbons (Fsp3) is 0.364. The smallest absolute Gasteiger partial charge is 0.0723 e. The highest BCUT2D eigenvalue weighted by Crippen LogP contribution is 2.37. The Bertz CT molecular complexity index is 1040. The van der Waals surface area contributed by atoms with E-state index in [9.17, 15) is 4.21 Å². The minimum Gasteiger partial charge on any atom is -0.371 e. The number of aromatic nitrogens is 1. The van der Waals surface area contributed by atoms with Gasteiger partial charge in [-0.2, -0.15) is 0 Å². The van der Waals surface area contributed by atoms with Gasteiger partial charge < -0.3 is 9.88 Å². The molecule has 0 bridgehead atoms. The van der Waals surface area contributed by atoms with E-state index in [1.54, 1.807) is 0 Å². The standard InChI is InChI=1S/C22H27N3OS/c1-3-16-11-12-25(15-16)22-10-9-18(27(23,26)4-2)14-19(22)21-13-17-7-5-6-8-20(17)24-21/h5-10,13-14,16,23-24H,3-4,11-12,15H2,1-2H3. The second kappa shape index (κ2) is 7.04. The number of para-hydroxylation sites is 1. The molecule has 0 aliphatic carbocycles. The summed E-state index contributed by atoms with van der Waals surface area (Å²) in [5.41, 5.74) is 4.35. The van der Waals surface area contributed by atoms with Gasteiger partial charge in [-0.25, -0.2) is 8.99 Å². The van der Waals surface area contributed by atoms with Crippen LogP contribution in [0.3, 0.4) is 0 Å². The van der Waals surface area contributed by atoms with Crippen molar-refractivity contribution in [1.29, 1.82) is 4.78 Å². The molecule has 142 valence electrons. The third-order valence-electron chi connectivity index (χ3n) is 5.78. The van der Waals surface area contributed by atoms with Crippen LogP contribution >= 0.6 is 0 Å². The molecule has 27 heavy (non-hydrogen) atoms. The van der Waals surface area contributed by atoms with Crippen LogP contribution in [0, 0.1) is 10.7 Å². The Labute approximate surface area is 161 Å². The number of benzene rings is 2. The van der Waals surface area contributed by atoms with E-state index in [4.69, 9.17) is 4.78 Å². The topological polar surface area (TPSA) is 60.0 Å². The molecule has 1 saturated heterocycles. The number of hydrogen-bond donors (Lipinski definition) is 2. The van der Waals surface area contributed by atoms with Crippen LogP contribution in [-0.2, 0) is 9.73 Å². The van der Waals surface area contributed by atoms with Crippen molar-refractivity contribution in [2.45, 2.75) is 31.6 Å². The van der Waals surface area contributed by atoms with Crippen LogP contribution in [0.5, 0.6) is 0 Å². The molecule has 2 aromatic carbocycles. The third-order valence-corrected chi connectivity index (χ3v) is 7.61. The summed E-state index contributed by atoms with van der Waals surface area (Å²) < 4.78 is 20.9. The Morgan fingerprint density at radius 2 is 2.00 bits per heavy atom. The number of rotatable bonds is 5. The van der Waals surface area contributed by atoms with Gasteiger partial charge in [-0.15, -0.1) is 0 Å². The summed E-state index contributed by atoms with van der Waals surface area (Å²) >= 11 is 0. The Morgan fingerprint density at radius 1 is 1.19 bits per heavy atom. The molecule has 4 rings (SSSR count). The maximum atomic E-state index is 12.7. The van der Waals surface area contributed by atoms with Crippen molar-refractivity contribution in [3.8, 4) is 11.3 Å². The van der Waals surface area contributed by atoms with E-state index in [1.165, 1.54) is 23.9 Å². The number of hydrogen-bond acceptors (Lipinski definition) is 3. The molecule has 2 heterocycles. The minimum atomic E-state index is -2.75. The monoisotopic (exact) mass is 381 g/mol. The van der Waals surface area contributed by atoms with E-state index in [2.05, 4.69) is 41.1 Å². The molecule has 1 aromatic heterocycles. The zero-order valence-electron chi connectivity index (χ0n) is 16.0. The van der Waals surface area contributed by atoms with Crippen LogP contribution < -0.4 is 4.90 Å². The SMILES string of the molecule is CCC1CCN(c2ccc(S(=N)(=O)CC)cc2-c2cc3ccccc3[nH]2)C1. The average molecular weight is 382 g/mol. The number of nitrogens with zero attached hydrogens (tertiary/aromatic N) is 1. The second-order valence-corrected chi connectivity index (χ2v) is 9.82. The van der Waals surface area contributed by atoms with E-state index in [1.807, 2.05) is 31.2 Å². The Kier molecular flexibility index (Phi) is 4.72. The number of H-pyrrole nitrogens is 1. The van der Waals surface area contributed by atoms with Gasteiger partial charge >= 0.3 is 0 Å². The van der Waals surface area contributed by atoms with Crippen molar-refractivity contribution in [3.05, 3.63) is 48.5 Å². The molecule has 2 unspecified atom stereocenters. The molecule has 2 atom stereocenters. The van der Waals surface area contributed by atoms with Crippen LogP contribution in [0.25, 0.3) is 22.2 Å². The van der Waals surface area contributed by atoms with Gasteiger partial charge in [-0.05, 0) is 42.7 Å². The summed E-state index contributed by atoms with van der Waals surface area (Å²) in [7, 11) is -2.75. The molecule has 0 saturated carbocycles. The predicted octanol–water partition coefficient (Wildman–Crippen LogP) is 5.50. The Hall–Kier alpha value is -2.27. The number of aromatic amines is 1. The first kappa shape index (κ1) is 18.1. The van der Waals surface area contributed by atoms with Crippen molar-refractivity contribution in [2.24, 2.45) is 5.92 Å². The molecule has 0 amide bonds. The van der Waals surface area contributed by atoms with Crippen molar-refractivity contribution in [2.75, 3.05) is 23.7 Å². The first-order valence-corrected chi connectivity index (χ1v) is 11.5. The van der Waals surface area contributed by atoms with E-state index in [0.717, 1.165) is 35.8 Å². The van der Waals surface area contributed by atoms with E-state index in [-0.39, 0.29) is 0 Å². The zero-order chi connectivity index (χ0) is 19.0. The molecule has 1 aliphatic rings. The van der Waals surface area contributed by atoms with Gasteiger partial charge in [0.05, 0.1) is 9.73 Å². The largest absolute Gasteiger partial charge is 0.371 e. The zero-order valence-corrected chi connectivity index (χ0v) is 16.8. The Balaban J connectivity index is 1.86. The molecular formula is C22H27N3OS. The molecule has 2 N–H and O–H groups in total. The van der Waals surface area contributed by atoms with Gasteiger partial charge in [0.15, 0.2) is 0 Å². The average Bonchev–Trinajstić information content (AvgIpc) is 3.34. The van der Waals surface area contributed by atoms with Gasteiger partial charge in [0, 0.05) is 51.6 Å². The quantitative estimate of drug-likeness (QED) is 0.613. The summed E-state index contributed by atoms with van der Waals surface area (Å²) in [5.74, 6) is 1.07. The normalized spacial score (nSPS) is 19.5. The summed E-state index contributed by atoms with van der Waals surface area (Å²) in [4.78, 5) is 6.58. The van der Waals surface area contributed by atoms with Crippen LogP contribution in [0.15, 0.2) is 53.4 Å². The highest BCUT2D eigenvalue weighted by atomic mass is 32.2. The molecule has 3 aromatic rings. The lowest BCUT2D eigenvalue weighted by atomic mass is 10.1. The number of fused-ring (bicyclic) bond motifs is 1. The van der Waals surface area contributed by atoms with Gasteiger partial charge in [-0.1, -0.05) is 38.5 Å². The summed E-state index contributed by atoms with van der Waals surface area (Å²) in [5, 5.41) is 1.17. The first-order valence-electron chi connectivity index (χ1n) is 9.75. The molecule has 1 aliphatic heterocycles. The van der Waals surface area contributed by atoms with Crippen molar-refractivity contribution in [3.63, 3.8) is 0 Å². The van der Waals surface area contributed by atoms with Gasteiger partial charge in [0.2, 0.25) is 0 Å². The van der Waals surface area contributed by atoms with Crippen molar-refractivity contribution < 1.29 is 4.21 Å². The lowest BCUT2D eigenvalue weighted by Gasteiger charge is -2.23. The van der Waals surface area contributed by atoms with Crippen LogP contribution in [0.4, 0.5) is 5.69 Å². The van der Waals surface area contributed by atoms with Crippen LogP contribution in [-0.4, -0.2) is 28.0 Å². The third kappa shape index (κ3) is 3.36. The molecular weight excluding hydrogens is 354 g/mol. The number of anilines is 1. The summed E-state index contributed by atoms with van der Waals surface area (Å²) in [6.45, 7) is 6.19. The predicted molar refractivity (Wildman–Crippen MR) is 114 cm³/mol. The molecule has 5 heteroatoms.